The van der Waals surface area contributed by atoms with Crippen molar-refractivity contribution in [2.45, 2.75) is 11.8 Å². The van der Waals surface area contributed by atoms with Crippen LogP contribution in [0.1, 0.15) is 17.3 Å². The maximum absolute atomic E-state index is 12.2. The number of sulfonamides is 1. The number of nitrogens with zero attached hydrogens (tertiary/aromatic N) is 3. The maximum atomic E-state index is 12.2. The summed E-state index contributed by atoms with van der Waals surface area (Å²) in [5.74, 6) is -2.97. The summed E-state index contributed by atoms with van der Waals surface area (Å²) in [6, 6.07) is 8.07. The molecule has 0 aliphatic carbocycles. The number of azo groups is 1. The number of amides is 2. The molecule has 0 aromatic heterocycles. The van der Waals surface area contributed by atoms with E-state index in [1.54, 1.807) is 0 Å². The molecule has 0 saturated carbocycles. The van der Waals surface area contributed by atoms with Crippen LogP contribution in [-0.2, 0) is 14.8 Å². The summed E-state index contributed by atoms with van der Waals surface area (Å²) in [6.07, 6.45) is -1.93. The fraction of sp³-hybridized carbons (Fsp3) is 0.0625. The van der Waals surface area contributed by atoms with Gasteiger partial charge in [-0.15, -0.1) is 4.31 Å². The van der Waals surface area contributed by atoms with E-state index in [9.17, 15) is 27.9 Å². The second-order valence-corrected chi connectivity index (χ2v) is 7.06. The van der Waals surface area contributed by atoms with E-state index >= 15 is 0 Å². The van der Waals surface area contributed by atoms with Gasteiger partial charge in [0.2, 0.25) is 5.91 Å². The average Bonchev–Trinajstić information content (AvgIpc) is 2.60. The predicted octanol–water partition coefficient (Wildman–Crippen LogP) is 2.72. The molecule has 12 heteroatoms. The number of aromatic carboxylic acids is 1. The first-order valence-electron chi connectivity index (χ1n) is 7.41. The standard InChI is InChI=1S/C16H13N3O8S/c1-9(20)19(16(24)25)28(26,27)12-5-2-10(3-6-12)17-18-11-4-7-14(21)13(8-11)15(22)23/h2-8,21H,1H3,(H,22,23)(H,24,25). The number of rotatable bonds is 5. The number of carbonyl (C=O) groups is 3. The van der Waals surface area contributed by atoms with Crippen LogP contribution in [0.15, 0.2) is 57.6 Å². The number of aromatic hydroxyl groups is 1. The zero-order valence-electron chi connectivity index (χ0n) is 14.2. The Morgan fingerprint density at radius 3 is 1.96 bits per heavy atom. The first-order valence-corrected chi connectivity index (χ1v) is 8.85. The molecule has 0 bridgehead atoms. The van der Waals surface area contributed by atoms with Crippen molar-refractivity contribution in [3.63, 3.8) is 0 Å². The van der Waals surface area contributed by atoms with E-state index in [0.717, 1.165) is 31.2 Å². The highest BCUT2D eigenvalue weighted by Crippen LogP contribution is 2.26. The Labute approximate surface area is 158 Å². The van der Waals surface area contributed by atoms with Crippen LogP contribution in [0.3, 0.4) is 0 Å². The van der Waals surface area contributed by atoms with Crippen molar-refractivity contribution in [2.24, 2.45) is 10.2 Å². The minimum absolute atomic E-state index is 0.125. The van der Waals surface area contributed by atoms with Crippen molar-refractivity contribution in [1.29, 1.82) is 0 Å². The summed E-state index contributed by atoms with van der Waals surface area (Å²) in [7, 11) is -4.58. The Balaban J connectivity index is 2.29. The molecule has 2 aromatic rings. The lowest BCUT2D eigenvalue weighted by Gasteiger charge is -2.15. The summed E-state index contributed by atoms with van der Waals surface area (Å²) in [4.78, 5) is 32.9. The summed E-state index contributed by atoms with van der Waals surface area (Å²) < 4.78 is 24.2. The second-order valence-electron chi connectivity index (χ2n) is 5.27. The van der Waals surface area contributed by atoms with Gasteiger partial charge in [0.05, 0.1) is 16.3 Å². The van der Waals surface area contributed by atoms with Gasteiger partial charge in [-0.25, -0.2) is 18.0 Å². The molecule has 0 saturated heterocycles. The molecule has 2 rings (SSSR count). The van der Waals surface area contributed by atoms with E-state index in [2.05, 4.69) is 10.2 Å². The minimum Gasteiger partial charge on any atom is -0.507 e. The van der Waals surface area contributed by atoms with Gasteiger partial charge in [-0.1, -0.05) is 0 Å². The normalized spacial score (nSPS) is 11.3. The van der Waals surface area contributed by atoms with E-state index in [4.69, 9.17) is 10.2 Å². The average molecular weight is 407 g/mol. The van der Waals surface area contributed by atoms with Crippen LogP contribution in [0.4, 0.5) is 16.2 Å². The van der Waals surface area contributed by atoms with Crippen LogP contribution >= 0.6 is 0 Å². The number of benzene rings is 2. The third-order valence-electron chi connectivity index (χ3n) is 3.33. The Hall–Kier alpha value is -3.80. The number of carbonyl (C=O) groups excluding carboxylic acids is 1. The smallest absolute Gasteiger partial charge is 0.428 e. The molecule has 2 amide bonds. The highest BCUT2D eigenvalue weighted by Gasteiger charge is 2.32. The molecule has 28 heavy (non-hydrogen) atoms. The number of imide groups is 1. The van der Waals surface area contributed by atoms with Crippen molar-refractivity contribution in [1.82, 2.24) is 4.31 Å². The van der Waals surface area contributed by atoms with E-state index in [-0.39, 0.29) is 21.2 Å². The lowest BCUT2D eigenvalue weighted by atomic mass is 10.2. The topological polar surface area (TPSA) is 174 Å². The van der Waals surface area contributed by atoms with Gasteiger partial charge in [0.25, 0.3) is 10.0 Å². The molecule has 0 aliphatic rings. The highest BCUT2D eigenvalue weighted by molar-refractivity contribution is 7.90. The highest BCUT2D eigenvalue weighted by atomic mass is 32.2. The van der Waals surface area contributed by atoms with Crippen LogP contribution in [0, 0.1) is 0 Å². The fourth-order valence-corrected chi connectivity index (χ4v) is 3.30. The third kappa shape index (κ3) is 4.29. The fourth-order valence-electron chi connectivity index (χ4n) is 2.07. The summed E-state index contributed by atoms with van der Waals surface area (Å²) >= 11 is 0. The number of carboxylic acids is 1. The molecule has 11 nitrogen and oxygen atoms in total. The first-order chi connectivity index (χ1) is 13.0. The lowest BCUT2D eigenvalue weighted by Crippen LogP contribution is -2.39. The van der Waals surface area contributed by atoms with Crippen LogP contribution in [-0.4, -0.2) is 46.0 Å². The number of hydrogen-bond acceptors (Lipinski definition) is 8. The van der Waals surface area contributed by atoms with E-state index in [1.165, 1.54) is 18.2 Å². The summed E-state index contributed by atoms with van der Waals surface area (Å²) in [6.45, 7) is 0.803. The molecule has 2 aromatic carbocycles. The molecule has 0 atom stereocenters. The minimum atomic E-state index is -4.58. The van der Waals surface area contributed by atoms with E-state index < -0.39 is 38.6 Å². The number of phenols is 1. The van der Waals surface area contributed by atoms with Gasteiger partial charge in [0.1, 0.15) is 11.3 Å². The Morgan fingerprint density at radius 2 is 1.46 bits per heavy atom. The number of carboxylic acid groups (broad SMARTS) is 2. The monoisotopic (exact) mass is 407 g/mol. The van der Waals surface area contributed by atoms with E-state index in [0.29, 0.717) is 0 Å². The molecule has 0 spiro atoms. The largest absolute Gasteiger partial charge is 0.507 e. The zero-order valence-corrected chi connectivity index (χ0v) is 15.0. The van der Waals surface area contributed by atoms with Gasteiger partial charge in [-0.2, -0.15) is 10.2 Å². The molecule has 0 fully saturated rings. The van der Waals surface area contributed by atoms with Gasteiger partial charge >= 0.3 is 12.1 Å². The Morgan fingerprint density at radius 1 is 0.929 bits per heavy atom. The second kappa shape index (κ2) is 7.84. The molecule has 0 unspecified atom stereocenters. The van der Waals surface area contributed by atoms with E-state index in [1.807, 2.05) is 0 Å². The van der Waals surface area contributed by atoms with Crippen molar-refractivity contribution >= 4 is 39.4 Å². The predicted molar refractivity (Wildman–Crippen MR) is 93.4 cm³/mol. The quantitative estimate of drug-likeness (QED) is 0.634. The van der Waals surface area contributed by atoms with Gasteiger partial charge in [-0.3, -0.25) is 4.79 Å². The van der Waals surface area contributed by atoms with Crippen molar-refractivity contribution in [2.75, 3.05) is 0 Å². The molecule has 0 heterocycles. The van der Waals surface area contributed by atoms with Gasteiger partial charge in [0.15, 0.2) is 0 Å². The van der Waals surface area contributed by atoms with Crippen molar-refractivity contribution in [3.05, 3.63) is 48.0 Å². The van der Waals surface area contributed by atoms with Crippen LogP contribution < -0.4 is 0 Å². The lowest BCUT2D eigenvalue weighted by molar-refractivity contribution is -0.122. The Kier molecular flexibility index (Phi) is 5.74. The number of hydrogen-bond donors (Lipinski definition) is 3. The van der Waals surface area contributed by atoms with Crippen LogP contribution in [0.25, 0.3) is 0 Å². The molecular formula is C16H13N3O8S. The van der Waals surface area contributed by atoms with Gasteiger partial charge < -0.3 is 15.3 Å². The SMILES string of the molecule is CC(=O)N(C(=O)O)S(=O)(=O)c1ccc(N=Nc2ccc(O)c(C(=O)O)c2)cc1. The molecule has 146 valence electrons. The molecule has 0 aliphatic heterocycles. The molecular weight excluding hydrogens is 394 g/mol. The van der Waals surface area contributed by atoms with Crippen molar-refractivity contribution in [3.8, 4) is 5.75 Å². The van der Waals surface area contributed by atoms with Crippen LogP contribution in [0.5, 0.6) is 5.75 Å². The summed E-state index contributed by atoms with van der Waals surface area (Å²) in [5, 5.41) is 34.9. The maximum Gasteiger partial charge on any atom is 0.428 e. The summed E-state index contributed by atoms with van der Waals surface area (Å²) in [5.41, 5.74) is -0.0648. The Bertz CT molecular complexity index is 1060. The van der Waals surface area contributed by atoms with Gasteiger partial charge in [0, 0.05) is 6.92 Å². The van der Waals surface area contributed by atoms with Crippen LogP contribution in [0.2, 0.25) is 0 Å². The first kappa shape index (κ1) is 20.5. The zero-order chi connectivity index (χ0) is 21.1. The van der Waals surface area contributed by atoms with Gasteiger partial charge in [-0.05, 0) is 42.5 Å². The molecule has 3 N–H and O–H groups in total. The third-order valence-corrected chi connectivity index (χ3v) is 5.09. The molecule has 0 radical (unpaired) electrons. The van der Waals surface area contributed by atoms with Crippen molar-refractivity contribution < 1.29 is 38.1 Å².